The van der Waals surface area contributed by atoms with Gasteiger partial charge in [-0.3, -0.25) is 4.79 Å². The number of carbonyl (C=O) groups excluding carboxylic acids is 1. The molecule has 0 bridgehead atoms. The van der Waals surface area contributed by atoms with Gasteiger partial charge in [-0.1, -0.05) is 24.8 Å². The van der Waals surface area contributed by atoms with E-state index in [0.29, 0.717) is 30.4 Å². The molecular weight excluding hydrogens is 468 g/mol. The van der Waals surface area contributed by atoms with Crippen molar-refractivity contribution in [2.45, 2.75) is 32.1 Å². The molecule has 1 aliphatic carbocycles. The average Bonchev–Trinajstić information content (AvgIpc) is 2.96. The van der Waals surface area contributed by atoms with E-state index in [0.717, 1.165) is 68.1 Å². The van der Waals surface area contributed by atoms with Crippen LogP contribution < -0.4 is 15.0 Å². The van der Waals surface area contributed by atoms with Crippen molar-refractivity contribution in [3.05, 3.63) is 83.1 Å². The summed E-state index contributed by atoms with van der Waals surface area (Å²) in [6.45, 7) is 6.47. The molecule has 192 valence electrons. The van der Waals surface area contributed by atoms with Crippen LogP contribution in [0.3, 0.4) is 0 Å². The van der Waals surface area contributed by atoms with E-state index in [9.17, 15) is 9.70 Å². The van der Waals surface area contributed by atoms with Crippen LogP contribution >= 0.6 is 0 Å². The number of allylic oxidation sites excluding steroid dienone is 3. The number of anilines is 2. The highest BCUT2D eigenvalue weighted by atomic mass is 16.5. The Bertz CT molecular complexity index is 1210. The number of nitroso groups, excluding NO2 is 1. The summed E-state index contributed by atoms with van der Waals surface area (Å²) in [5, 5.41) is 5.90. The standard InChI is InChI=1S/C29H32N4O4/c1-20(32-35)22-6-4-7-26(16-22)36-18-21-11-13-33(14-12-21)28-10-9-25(17-30-28)31-29(34)24-15-23-5-2-3-8-27(23)37-19-24/h4-10,16-17,21,24H,1-3,11-15,18-19H2,(H,31,34). The Morgan fingerprint density at radius 2 is 2.03 bits per heavy atom. The number of hydrogen-bond donors (Lipinski definition) is 1. The number of hydrogen-bond acceptors (Lipinski definition) is 7. The fraction of sp³-hybridized carbons (Fsp3) is 0.379. The molecule has 2 fully saturated rings. The van der Waals surface area contributed by atoms with Gasteiger partial charge in [0.15, 0.2) is 0 Å². The Morgan fingerprint density at radius 3 is 2.81 bits per heavy atom. The molecule has 0 spiro atoms. The summed E-state index contributed by atoms with van der Waals surface area (Å²) in [5.74, 6) is 2.80. The quantitative estimate of drug-likeness (QED) is 0.468. The van der Waals surface area contributed by atoms with Crippen molar-refractivity contribution >= 4 is 23.1 Å². The van der Waals surface area contributed by atoms with E-state index >= 15 is 0 Å². The Balaban J connectivity index is 1.08. The second kappa shape index (κ2) is 11.4. The highest BCUT2D eigenvalue weighted by Gasteiger charge is 2.28. The lowest BCUT2D eigenvalue weighted by molar-refractivity contribution is -0.121. The topological polar surface area (TPSA) is 93.1 Å². The van der Waals surface area contributed by atoms with Crippen molar-refractivity contribution in [2.75, 3.05) is 36.5 Å². The molecule has 2 aromatic rings. The maximum atomic E-state index is 12.8. The summed E-state index contributed by atoms with van der Waals surface area (Å²) in [6.07, 6.45) is 10.8. The van der Waals surface area contributed by atoms with Crippen molar-refractivity contribution in [3.63, 3.8) is 0 Å². The maximum absolute atomic E-state index is 12.8. The number of aromatic nitrogens is 1. The van der Waals surface area contributed by atoms with Crippen molar-refractivity contribution in [3.8, 4) is 5.75 Å². The van der Waals surface area contributed by atoms with E-state index in [-0.39, 0.29) is 17.5 Å². The van der Waals surface area contributed by atoms with Gasteiger partial charge < -0.3 is 19.7 Å². The number of fused-ring (bicyclic) bond motifs is 1. The molecule has 8 nitrogen and oxygen atoms in total. The highest BCUT2D eigenvalue weighted by Crippen LogP contribution is 2.32. The molecular formula is C29H32N4O4. The number of benzene rings is 1. The van der Waals surface area contributed by atoms with Crippen LogP contribution in [0.2, 0.25) is 0 Å². The number of nitrogens with one attached hydrogen (secondary N) is 1. The fourth-order valence-corrected chi connectivity index (χ4v) is 4.97. The smallest absolute Gasteiger partial charge is 0.231 e. The maximum Gasteiger partial charge on any atom is 0.231 e. The van der Waals surface area contributed by atoms with Crippen molar-refractivity contribution in [1.82, 2.24) is 4.98 Å². The van der Waals surface area contributed by atoms with E-state index < -0.39 is 0 Å². The van der Waals surface area contributed by atoms with Gasteiger partial charge in [0, 0.05) is 18.7 Å². The first-order chi connectivity index (χ1) is 18.1. The van der Waals surface area contributed by atoms with Crippen molar-refractivity contribution in [2.24, 2.45) is 17.0 Å². The van der Waals surface area contributed by atoms with Crippen molar-refractivity contribution in [1.29, 1.82) is 0 Å². The SMILES string of the molecule is C=C(N=O)c1cccc(OCC2CCN(c3ccc(NC(=O)C4COC5=CCCC=C5C4)cn3)CC2)c1. The van der Waals surface area contributed by atoms with Crippen LogP contribution in [0, 0.1) is 16.7 Å². The van der Waals surface area contributed by atoms with Gasteiger partial charge in [0.2, 0.25) is 5.91 Å². The summed E-state index contributed by atoms with van der Waals surface area (Å²) in [4.78, 5) is 30.4. The third-order valence-electron chi connectivity index (χ3n) is 7.20. The lowest BCUT2D eigenvalue weighted by Crippen LogP contribution is -2.36. The molecule has 1 unspecified atom stereocenters. The molecule has 37 heavy (non-hydrogen) atoms. The number of carbonyl (C=O) groups is 1. The number of amides is 1. The third kappa shape index (κ3) is 6.07. The van der Waals surface area contributed by atoms with Crippen LogP contribution in [0.25, 0.3) is 5.70 Å². The molecule has 3 heterocycles. The molecule has 1 aromatic carbocycles. The van der Waals surface area contributed by atoms with Gasteiger partial charge in [-0.05, 0) is 79.1 Å². The molecule has 8 heteroatoms. The lowest BCUT2D eigenvalue weighted by Gasteiger charge is -2.32. The van der Waals surface area contributed by atoms with Gasteiger partial charge in [0.05, 0.1) is 24.4 Å². The number of rotatable bonds is 8. The molecule has 3 aliphatic rings. The van der Waals surface area contributed by atoms with E-state index in [2.05, 4.69) is 39.1 Å². The molecule has 2 saturated heterocycles. The molecule has 1 amide bonds. The van der Waals surface area contributed by atoms with Crippen molar-refractivity contribution < 1.29 is 14.3 Å². The first-order valence-corrected chi connectivity index (χ1v) is 12.9. The molecule has 1 N–H and O–H groups in total. The van der Waals surface area contributed by atoms with Crippen LogP contribution in [-0.2, 0) is 9.53 Å². The average molecular weight is 501 g/mol. The molecule has 0 radical (unpaired) electrons. The van der Waals surface area contributed by atoms with Crippen LogP contribution in [0.1, 0.15) is 37.7 Å². The number of nitrogens with zero attached hydrogens (tertiary/aromatic N) is 3. The first-order valence-electron chi connectivity index (χ1n) is 12.9. The first kappa shape index (κ1) is 24.7. The minimum atomic E-state index is -0.189. The summed E-state index contributed by atoms with van der Waals surface area (Å²) in [6, 6.07) is 11.2. The van der Waals surface area contributed by atoms with Crippen LogP contribution in [0.15, 0.2) is 77.8 Å². The number of ether oxygens (including phenoxy) is 2. The summed E-state index contributed by atoms with van der Waals surface area (Å²) in [5.41, 5.74) is 2.72. The van der Waals surface area contributed by atoms with Gasteiger partial charge in [-0.15, -0.1) is 4.91 Å². The predicted molar refractivity (Wildman–Crippen MR) is 144 cm³/mol. The molecule has 5 rings (SSSR count). The Hall–Kier alpha value is -3.94. The molecule has 2 aliphatic heterocycles. The van der Waals surface area contributed by atoms with Gasteiger partial charge in [0.1, 0.15) is 29.6 Å². The number of pyridine rings is 1. The molecule has 1 atom stereocenters. The lowest BCUT2D eigenvalue weighted by atomic mass is 9.91. The zero-order valence-electron chi connectivity index (χ0n) is 20.9. The Labute approximate surface area is 217 Å². The highest BCUT2D eigenvalue weighted by molar-refractivity contribution is 5.93. The minimum absolute atomic E-state index is 0.0295. The third-order valence-corrected chi connectivity index (χ3v) is 7.20. The second-order valence-electron chi connectivity index (χ2n) is 9.79. The van der Waals surface area contributed by atoms with Crippen LogP contribution in [0.5, 0.6) is 5.75 Å². The van der Waals surface area contributed by atoms with E-state index in [1.54, 1.807) is 18.3 Å². The van der Waals surface area contributed by atoms with Gasteiger partial charge in [-0.25, -0.2) is 4.98 Å². The van der Waals surface area contributed by atoms with Crippen LogP contribution in [-0.4, -0.2) is 37.2 Å². The van der Waals surface area contributed by atoms with E-state index in [1.165, 1.54) is 0 Å². The summed E-state index contributed by atoms with van der Waals surface area (Å²) >= 11 is 0. The van der Waals surface area contributed by atoms with E-state index in [1.807, 2.05) is 24.3 Å². The monoisotopic (exact) mass is 500 g/mol. The van der Waals surface area contributed by atoms with Gasteiger partial charge in [0.25, 0.3) is 0 Å². The van der Waals surface area contributed by atoms with Gasteiger partial charge in [-0.2, -0.15) is 0 Å². The Morgan fingerprint density at radius 1 is 1.19 bits per heavy atom. The summed E-state index contributed by atoms with van der Waals surface area (Å²) < 4.78 is 11.8. The normalized spacial score (nSPS) is 19.6. The predicted octanol–water partition coefficient (Wildman–Crippen LogP) is 5.69. The zero-order chi connectivity index (χ0) is 25.6. The van der Waals surface area contributed by atoms with Gasteiger partial charge >= 0.3 is 0 Å². The molecule has 1 aromatic heterocycles. The minimum Gasteiger partial charge on any atom is -0.493 e. The molecule has 0 saturated carbocycles. The second-order valence-corrected chi connectivity index (χ2v) is 9.79. The van der Waals surface area contributed by atoms with Crippen LogP contribution in [0.4, 0.5) is 11.5 Å². The largest absolute Gasteiger partial charge is 0.493 e. The Kier molecular flexibility index (Phi) is 7.63. The number of piperidine rings is 1. The summed E-state index contributed by atoms with van der Waals surface area (Å²) in [7, 11) is 0. The fourth-order valence-electron chi connectivity index (χ4n) is 4.97. The van der Waals surface area contributed by atoms with E-state index in [4.69, 9.17) is 9.47 Å². The zero-order valence-corrected chi connectivity index (χ0v) is 20.9.